The third-order valence-corrected chi connectivity index (χ3v) is 2.98. The van der Waals surface area contributed by atoms with E-state index in [-0.39, 0.29) is 5.69 Å². The molecule has 0 spiro atoms. The Morgan fingerprint density at radius 2 is 1.83 bits per heavy atom. The summed E-state index contributed by atoms with van der Waals surface area (Å²) in [6.07, 6.45) is 1.79. The molecule has 0 fully saturated rings. The summed E-state index contributed by atoms with van der Waals surface area (Å²) in [6.45, 7) is 5.41. The molecule has 0 bridgehead atoms. The Labute approximate surface area is 134 Å². The predicted molar refractivity (Wildman–Crippen MR) is 86.9 cm³/mol. The smallest absolute Gasteiger partial charge is 0.412 e. The molecule has 0 aliphatic rings. The number of H-pyrrole nitrogens is 1. The number of anilines is 1. The fourth-order valence-corrected chi connectivity index (χ4v) is 2.03. The number of carboxylic acid groups (broad SMARTS) is 1. The maximum absolute atomic E-state index is 11.7. The highest BCUT2D eigenvalue weighted by molar-refractivity contribution is 5.86. The molecule has 0 aliphatic heterocycles. The Balaban J connectivity index is 1.96. The molecule has 0 unspecified atom stereocenters. The number of carbonyl (C=O) groups is 2. The van der Waals surface area contributed by atoms with Gasteiger partial charge in [-0.2, -0.15) is 0 Å². The van der Waals surface area contributed by atoms with Crippen molar-refractivity contribution in [1.82, 2.24) is 4.98 Å². The number of aromatic amines is 1. The van der Waals surface area contributed by atoms with Crippen LogP contribution < -0.4 is 5.32 Å². The van der Waals surface area contributed by atoms with Crippen LogP contribution in [0.3, 0.4) is 0 Å². The van der Waals surface area contributed by atoms with Gasteiger partial charge >= 0.3 is 12.1 Å². The van der Waals surface area contributed by atoms with Crippen LogP contribution in [0.25, 0.3) is 0 Å². The third-order valence-electron chi connectivity index (χ3n) is 2.98. The van der Waals surface area contributed by atoms with Crippen LogP contribution in [-0.2, 0) is 11.2 Å². The van der Waals surface area contributed by atoms with Crippen molar-refractivity contribution in [3.05, 3.63) is 53.3 Å². The second kappa shape index (κ2) is 6.56. The second-order valence-electron chi connectivity index (χ2n) is 6.23. The Morgan fingerprint density at radius 1 is 1.17 bits per heavy atom. The monoisotopic (exact) mass is 316 g/mol. The van der Waals surface area contributed by atoms with E-state index in [4.69, 9.17) is 9.84 Å². The summed E-state index contributed by atoms with van der Waals surface area (Å²) in [4.78, 5) is 25.2. The number of carbonyl (C=O) groups excluding carboxylic acids is 1. The van der Waals surface area contributed by atoms with E-state index in [2.05, 4.69) is 10.3 Å². The van der Waals surface area contributed by atoms with Crippen LogP contribution in [0.4, 0.5) is 10.5 Å². The molecular formula is C17H20N2O4. The van der Waals surface area contributed by atoms with Crippen LogP contribution in [-0.4, -0.2) is 27.8 Å². The predicted octanol–water partition coefficient (Wildman–Crippen LogP) is 3.65. The molecule has 3 N–H and O–H groups in total. The van der Waals surface area contributed by atoms with Crippen molar-refractivity contribution in [1.29, 1.82) is 0 Å². The first kappa shape index (κ1) is 16.6. The second-order valence-corrected chi connectivity index (χ2v) is 6.23. The van der Waals surface area contributed by atoms with Crippen molar-refractivity contribution in [2.24, 2.45) is 0 Å². The van der Waals surface area contributed by atoms with E-state index in [0.717, 1.165) is 11.1 Å². The zero-order chi connectivity index (χ0) is 17.0. The largest absolute Gasteiger partial charge is 0.477 e. The average molecular weight is 316 g/mol. The number of benzene rings is 1. The summed E-state index contributed by atoms with van der Waals surface area (Å²) in [5, 5.41) is 11.5. The van der Waals surface area contributed by atoms with Crippen LogP contribution in [0.15, 0.2) is 36.5 Å². The van der Waals surface area contributed by atoms with Crippen molar-refractivity contribution in [3.63, 3.8) is 0 Å². The molecule has 0 saturated carbocycles. The topological polar surface area (TPSA) is 91.4 Å². The Morgan fingerprint density at radius 3 is 2.35 bits per heavy atom. The summed E-state index contributed by atoms with van der Waals surface area (Å²) in [5.41, 5.74) is 2.16. The van der Waals surface area contributed by atoms with Gasteiger partial charge in [-0.25, -0.2) is 9.59 Å². The van der Waals surface area contributed by atoms with Gasteiger partial charge in [0.15, 0.2) is 0 Å². The summed E-state index contributed by atoms with van der Waals surface area (Å²) in [5.74, 6) is -0.979. The van der Waals surface area contributed by atoms with Gasteiger partial charge in [0.2, 0.25) is 0 Å². The normalized spacial score (nSPS) is 11.1. The first-order valence-electron chi connectivity index (χ1n) is 7.22. The first-order valence-corrected chi connectivity index (χ1v) is 7.22. The van der Waals surface area contributed by atoms with Crippen molar-refractivity contribution in [2.45, 2.75) is 32.8 Å². The Kier molecular flexibility index (Phi) is 4.74. The summed E-state index contributed by atoms with van der Waals surface area (Å²) >= 11 is 0. The zero-order valence-corrected chi connectivity index (χ0v) is 13.3. The number of amides is 1. The van der Waals surface area contributed by atoms with Crippen LogP contribution in [0.2, 0.25) is 0 Å². The van der Waals surface area contributed by atoms with E-state index in [1.165, 1.54) is 0 Å². The lowest BCUT2D eigenvalue weighted by Crippen LogP contribution is -2.27. The molecule has 2 rings (SSSR count). The number of aromatic carboxylic acids is 1. The van der Waals surface area contributed by atoms with Crippen LogP contribution in [0.1, 0.15) is 42.4 Å². The lowest BCUT2D eigenvalue weighted by Gasteiger charge is -2.19. The van der Waals surface area contributed by atoms with Crippen molar-refractivity contribution < 1.29 is 19.4 Å². The minimum absolute atomic E-state index is 0.170. The Hall–Kier alpha value is -2.76. The van der Waals surface area contributed by atoms with E-state index in [0.29, 0.717) is 12.1 Å². The fraction of sp³-hybridized carbons (Fsp3) is 0.294. The molecule has 23 heavy (non-hydrogen) atoms. The van der Waals surface area contributed by atoms with Gasteiger partial charge in [0.25, 0.3) is 0 Å². The molecule has 0 atom stereocenters. The van der Waals surface area contributed by atoms with Gasteiger partial charge < -0.3 is 14.8 Å². The van der Waals surface area contributed by atoms with E-state index in [1.807, 2.05) is 12.1 Å². The van der Waals surface area contributed by atoms with E-state index >= 15 is 0 Å². The molecule has 1 aromatic carbocycles. The molecule has 122 valence electrons. The quantitative estimate of drug-likeness (QED) is 0.803. The number of aromatic nitrogens is 1. The van der Waals surface area contributed by atoms with Crippen molar-refractivity contribution >= 4 is 17.7 Å². The number of hydrogen-bond donors (Lipinski definition) is 3. The van der Waals surface area contributed by atoms with Gasteiger partial charge in [0.05, 0.1) is 0 Å². The molecule has 1 aromatic heterocycles. The molecule has 0 aliphatic carbocycles. The highest BCUT2D eigenvalue weighted by atomic mass is 16.6. The van der Waals surface area contributed by atoms with Crippen molar-refractivity contribution in [2.75, 3.05) is 5.32 Å². The molecule has 2 aromatic rings. The maximum Gasteiger partial charge on any atom is 0.412 e. The van der Waals surface area contributed by atoms with Gasteiger partial charge in [-0.05, 0) is 56.5 Å². The summed E-state index contributed by atoms with van der Waals surface area (Å²) < 4.78 is 5.18. The number of rotatable bonds is 4. The highest BCUT2D eigenvalue weighted by Gasteiger charge is 2.16. The highest BCUT2D eigenvalue weighted by Crippen LogP contribution is 2.16. The molecule has 0 radical (unpaired) electrons. The van der Waals surface area contributed by atoms with Gasteiger partial charge in [-0.1, -0.05) is 12.1 Å². The van der Waals surface area contributed by atoms with Crippen molar-refractivity contribution in [3.8, 4) is 0 Å². The van der Waals surface area contributed by atoms with Gasteiger partial charge in [0.1, 0.15) is 11.3 Å². The molecule has 1 heterocycles. The number of ether oxygens (including phenoxy) is 1. The average Bonchev–Trinajstić information content (AvgIpc) is 2.87. The number of carboxylic acids is 1. The fourth-order valence-electron chi connectivity index (χ4n) is 2.03. The van der Waals surface area contributed by atoms with Crippen LogP contribution >= 0.6 is 0 Å². The van der Waals surface area contributed by atoms with E-state index in [1.54, 1.807) is 45.2 Å². The molecule has 6 nitrogen and oxygen atoms in total. The van der Waals surface area contributed by atoms with Crippen LogP contribution in [0, 0.1) is 0 Å². The number of hydrogen-bond acceptors (Lipinski definition) is 3. The molecule has 0 saturated heterocycles. The minimum atomic E-state index is -0.979. The van der Waals surface area contributed by atoms with Gasteiger partial charge in [0, 0.05) is 11.9 Å². The summed E-state index contributed by atoms with van der Waals surface area (Å²) in [6, 6.07) is 8.92. The van der Waals surface area contributed by atoms with Gasteiger partial charge in [-0.3, -0.25) is 5.32 Å². The van der Waals surface area contributed by atoms with Crippen LogP contribution in [0.5, 0.6) is 0 Å². The van der Waals surface area contributed by atoms with E-state index in [9.17, 15) is 9.59 Å². The lowest BCUT2D eigenvalue weighted by molar-refractivity contribution is 0.0634. The van der Waals surface area contributed by atoms with E-state index < -0.39 is 17.7 Å². The first-order chi connectivity index (χ1) is 10.7. The summed E-state index contributed by atoms with van der Waals surface area (Å²) in [7, 11) is 0. The van der Waals surface area contributed by atoms with Gasteiger partial charge in [-0.15, -0.1) is 0 Å². The molecular weight excluding hydrogens is 296 g/mol. The SMILES string of the molecule is CC(C)(C)OC(=O)Nc1ccc(Cc2c[nH]c(C(=O)O)c2)cc1. The number of nitrogens with one attached hydrogen (secondary N) is 2. The standard InChI is InChI=1S/C17H20N2O4/c1-17(2,3)23-16(22)19-13-6-4-11(5-7-13)8-12-9-14(15(20)21)18-10-12/h4-7,9-10,18H,8H2,1-3H3,(H,19,22)(H,20,21). The third kappa shape index (κ3) is 5.18. The Bertz CT molecular complexity index is 696. The zero-order valence-electron chi connectivity index (χ0n) is 13.3. The molecule has 6 heteroatoms. The molecule has 1 amide bonds. The maximum atomic E-state index is 11.7. The lowest BCUT2D eigenvalue weighted by atomic mass is 10.1. The minimum Gasteiger partial charge on any atom is -0.477 e.